The number of rotatable bonds is 1. The van der Waals surface area contributed by atoms with Crippen LogP contribution in [-0.4, -0.2) is 9.55 Å². The fourth-order valence-electron chi connectivity index (χ4n) is 2.06. The van der Waals surface area contributed by atoms with Gasteiger partial charge in [-0.2, -0.15) is 0 Å². The molecule has 3 rings (SSSR count). The minimum Gasteiger partial charge on any atom is -0.334 e. The highest BCUT2D eigenvalue weighted by Gasteiger charge is 2.02. The van der Waals surface area contributed by atoms with Crippen LogP contribution >= 0.6 is 0 Å². The van der Waals surface area contributed by atoms with Gasteiger partial charge in [0.05, 0.1) is 17.4 Å². The molecule has 0 aliphatic rings. The van der Waals surface area contributed by atoms with Gasteiger partial charge in [0, 0.05) is 7.05 Å². The van der Waals surface area contributed by atoms with E-state index in [0.29, 0.717) is 0 Å². The molecule has 0 unspecified atom stereocenters. The summed E-state index contributed by atoms with van der Waals surface area (Å²) in [6.45, 7) is 2.10. The highest BCUT2D eigenvalue weighted by Crippen LogP contribution is 2.23. The van der Waals surface area contributed by atoms with Crippen LogP contribution in [0.1, 0.15) is 5.56 Å². The number of nitrogens with zero attached hydrogens (tertiary/aromatic N) is 2. The van der Waals surface area contributed by atoms with Crippen LogP contribution in [0.25, 0.3) is 22.2 Å². The van der Waals surface area contributed by atoms with Gasteiger partial charge in [-0.25, -0.2) is 4.98 Å². The van der Waals surface area contributed by atoms with Crippen LogP contribution in [0.3, 0.4) is 0 Å². The molecule has 0 radical (unpaired) electrons. The van der Waals surface area contributed by atoms with Crippen molar-refractivity contribution >= 4 is 11.0 Å². The first-order chi connectivity index (χ1) is 8.24. The van der Waals surface area contributed by atoms with Gasteiger partial charge in [0.25, 0.3) is 0 Å². The van der Waals surface area contributed by atoms with Gasteiger partial charge in [0.1, 0.15) is 0 Å². The van der Waals surface area contributed by atoms with Crippen LogP contribution in [-0.2, 0) is 7.05 Å². The number of hydrogen-bond donors (Lipinski definition) is 0. The highest BCUT2D eigenvalue weighted by atomic mass is 15.0. The molecule has 0 atom stereocenters. The fraction of sp³-hybridized carbons (Fsp3) is 0.133. The molecule has 84 valence electrons. The molecule has 0 saturated carbocycles. The third-order valence-electron chi connectivity index (χ3n) is 3.11. The van der Waals surface area contributed by atoms with Gasteiger partial charge in [-0.3, -0.25) is 0 Å². The van der Waals surface area contributed by atoms with E-state index in [-0.39, 0.29) is 0 Å². The van der Waals surface area contributed by atoms with Crippen LogP contribution in [0, 0.1) is 6.92 Å². The van der Waals surface area contributed by atoms with Crippen molar-refractivity contribution in [3.05, 3.63) is 54.4 Å². The average molecular weight is 222 g/mol. The lowest BCUT2D eigenvalue weighted by Gasteiger charge is -2.02. The predicted molar refractivity (Wildman–Crippen MR) is 70.9 cm³/mol. The molecule has 2 heteroatoms. The molecule has 0 spiro atoms. The second-order valence-electron chi connectivity index (χ2n) is 4.42. The Bertz CT molecular complexity index is 663. The Kier molecular flexibility index (Phi) is 2.22. The van der Waals surface area contributed by atoms with Gasteiger partial charge < -0.3 is 4.57 Å². The Morgan fingerprint density at radius 3 is 2.41 bits per heavy atom. The highest BCUT2D eigenvalue weighted by molar-refractivity contribution is 5.82. The van der Waals surface area contributed by atoms with Crippen molar-refractivity contribution in [3.8, 4) is 11.1 Å². The third kappa shape index (κ3) is 1.72. The van der Waals surface area contributed by atoms with E-state index in [1.165, 1.54) is 22.2 Å². The van der Waals surface area contributed by atoms with Crippen LogP contribution in [0.4, 0.5) is 0 Å². The minimum absolute atomic E-state index is 1.05. The maximum absolute atomic E-state index is 4.38. The number of aromatic nitrogens is 2. The van der Waals surface area contributed by atoms with Crippen molar-refractivity contribution in [1.82, 2.24) is 9.55 Å². The van der Waals surface area contributed by atoms with E-state index >= 15 is 0 Å². The van der Waals surface area contributed by atoms with Crippen molar-refractivity contribution < 1.29 is 0 Å². The lowest BCUT2D eigenvalue weighted by Crippen LogP contribution is -1.84. The van der Waals surface area contributed by atoms with Gasteiger partial charge in [0.15, 0.2) is 0 Å². The Hall–Kier alpha value is -2.09. The second-order valence-corrected chi connectivity index (χ2v) is 4.42. The zero-order valence-electron chi connectivity index (χ0n) is 10.0. The first kappa shape index (κ1) is 10.1. The summed E-state index contributed by atoms with van der Waals surface area (Å²) >= 11 is 0. The summed E-state index contributed by atoms with van der Waals surface area (Å²) in [6.07, 6.45) is 1.85. The third-order valence-corrected chi connectivity index (χ3v) is 3.11. The first-order valence-electron chi connectivity index (χ1n) is 5.72. The quantitative estimate of drug-likeness (QED) is 0.615. The minimum atomic E-state index is 1.05. The molecule has 1 aromatic heterocycles. The summed E-state index contributed by atoms with van der Waals surface area (Å²) in [5.74, 6) is 0. The molecule has 0 bridgehead atoms. The van der Waals surface area contributed by atoms with E-state index < -0.39 is 0 Å². The summed E-state index contributed by atoms with van der Waals surface area (Å²) in [7, 11) is 2.01. The summed E-state index contributed by atoms with van der Waals surface area (Å²) in [4.78, 5) is 4.38. The zero-order chi connectivity index (χ0) is 11.8. The molecule has 1 heterocycles. The van der Waals surface area contributed by atoms with E-state index in [2.05, 4.69) is 54.4 Å². The molecular formula is C15H14N2. The first-order valence-corrected chi connectivity index (χ1v) is 5.72. The lowest BCUT2D eigenvalue weighted by molar-refractivity contribution is 0.948. The van der Waals surface area contributed by atoms with Crippen molar-refractivity contribution in [3.63, 3.8) is 0 Å². The topological polar surface area (TPSA) is 17.8 Å². The zero-order valence-corrected chi connectivity index (χ0v) is 10.0. The summed E-state index contributed by atoms with van der Waals surface area (Å²) in [5.41, 5.74) is 5.96. The number of fused-ring (bicyclic) bond motifs is 1. The standard InChI is InChI=1S/C15H14N2/c1-11-3-5-12(6-4-11)13-7-8-15-14(9-13)16-10-17(15)2/h3-10H,1-2H3. The SMILES string of the molecule is Cc1ccc(-c2ccc3c(c2)ncn3C)cc1. The van der Waals surface area contributed by atoms with E-state index in [0.717, 1.165) is 5.52 Å². The molecule has 3 aromatic rings. The molecule has 17 heavy (non-hydrogen) atoms. The lowest BCUT2D eigenvalue weighted by atomic mass is 10.0. The molecule has 0 amide bonds. The Labute approximate surface area is 101 Å². The summed E-state index contributed by atoms with van der Waals surface area (Å²) < 4.78 is 2.04. The van der Waals surface area contributed by atoms with Gasteiger partial charge in [-0.1, -0.05) is 35.9 Å². The number of imidazole rings is 1. The fourth-order valence-corrected chi connectivity index (χ4v) is 2.06. The molecule has 0 saturated heterocycles. The molecule has 2 nitrogen and oxygen atoms in total. The monoisotopic (exact) mass is 222 g/mol. The van der Waals surface area contributed by atoms with E-state index in [9.17, 15) is 0 Å². The molecule has 0 fully saturated rings. The Morgan fingerprint density at radius 2 is 1.65 bits per heavy atom. The van der Waals surface area contributed by atoms with Gasteiger partial charge in [0.2, 0.25) is 0 Å². The molecule has 2 aromatic carbocycles. The smallest absolute Gasteiger partial charge is 0.0955 e. The number of benzene rings is 2. The average Bonchev–Trinajstić information content (AvgIpc) is 2.72. The van der Waals surface area contributed by atoms with Crippen LogP contribution in [0.5, 0.6) is 0 Å². The molecule has 0 aliphatic carbocycles. The summed E-state index contributed by atoms with van der Waals surface area (Å²) in [5, 5.41) is 0. The number of hydrogen-bond acceptors (Lipinski definition) is 1. The van der Waals surface area contributed by atoms with Crippen molar-refractivity contribution in [2.75, 3.05) is 0 Å². The number of aryl methyl sites for hydroxylation is 2. The molecule has 0 N–H and O–H groups in total. The maximum atomic E-state index is 4.38. The van der Waals surface area contributed by atoms with Crippen molar-refractivity contribution in [2.24, 2.45) is 7.05 Å². The van der Waals surface area contributed by atoms with Gasteiger partial charge in [-0.15, -0.1) is 0 Å². The van der Waals surface area contributed by atoms with E-state index in [1.54, 1.807) is 0 Å². The van der Waals surface area contributed by atoms with Gasteiger partial charge >= 0.3 is 0 Å². The van der Waals surface area contributed by atoms with Gasteiger partial charge in [-0.05, 0) is 30.2 Å². The summed E-state index contributed by atoms with van der Waals surface area (Å²) in [6, 6.07) is 15.0. The largest absolute Gasteiger partial charge is 0.334 e. The Balaban J connectivity index is 2.14. The van der Waals surface area contributed by atoms with Crippen molar-refractivity contribution in [2.45, 2.75) is 6.92 Å². The maximum Gasteiger partial charge on any atom is 0.0955 e. The van der Waals surface area contributed by atoms with Crippen molar-refractivity contribution in [1.29, 1.82) is 0 Å². The normalized spacial score (nSPS) is 10.9. The second kappa shape index (κ2) is 3.74. The molecular weight excluding hydrogens is 208 g/mol. The van der Waals surface area contributed by atoms with Crippen LogP contribution < -0.4 is 0 Å². The van der Waals surface area contributed by atoms with E-state index in [1.807, 2.05) is 17.9 Å². The molecule has 0 aliphatic heterocycles. The van der Waals surface area contributed by atoms with E-state index in [4.69, 9.17) is 0 Å². The Morgan fingerprint density at radius 1 is 0.941 bits per heavy atom. The van der Waals surface area contributed by atoms with Crippen LogP contribution in [0.15, 0.2) is 48.8 Å². The van der Waals surface area contributed by atoms with Crippen LogP contribution in [0.2, 0.25) is 0 Å². The predicted octanol–water partition coefficient (Wildman–Crippen LogP) is 3.55.